The van der Waals surface area contributed by atoms with Crippen LogP contribution >= 0.6 is 20.3 Å². The number of H-pyrrole nitrogens is 1. The Balaban J connectivity index is 1.44. The van der Waals surface area contributed by atoms with Gasteiger partial charge in [-0.3, -0.25) is 29.0 Å². The van der Waals surface area contributed by atoms with Crippen LogP contribution in [0.2, 0.25) is 0 Å². The molecule has 1 amide bonds. The third-order valence-electron chi connectivity index (χ3n) is 8.84. The van der Waals surface area contributed by atoms with Gasteiger partial charge in [-0.05, 0) is 53.0 Å². The van der Waals surface area contributed by atoms with Crippen LogP contribution in [0.5, 0.6) is 11.5 Å². The summed E-state index contributed by atoms with van der Waals surface area (Å²) in [5.41, 5.74) is 0.534. The Labute approximate surface area is 310 Å². The van der Waals surface area contributed by atoms with Crippen LogP contribution in [0.4, 0.5) is 5.95 Å². The van der Waals surface area contributed by atoms with Crippen molar-refractivity contribution in [3.63, 3.8) is 0 Å². The van der Waals surface area contributed by atoms with Gasteiger partial charge in [0.15, 0.2) is 17.4 Å². The summed E-state index contributed by atoms with van der Waals surface area (Å²) < 4.78 is 50.1. The van der Waals surface area contributed by atoms with Crippen LogP contribution in [0, 0.1) is 5.92 Å². The molecule has 3 N–H and O–H groups in total. The van der Waals surface area contributed by atoms with Crippen molar-refractivity contribution in [3.05, 3.63) is 112 Å². The highest BCUT2D eigenvalue weighted by Gasteiger charge is 2.50. The van der Waals surface area contributed by atoms with Crippen molar-refractivity contribution in [1.29, 1.82) is 0 Å². The van der Waals surface area contributed by atoms with Crippen molar-refractivity contribution in [1.82, 2.24) is 19.5 Å². The number of amides is 1. The lowest BCUT2D eigenvalue weighted by atomic mass is 9.80. The molecule has 1 fully saturated rings. The number of hydrogen-bond donors (Lipinski definition) is 3. The second-order valence-corrected chi connectivity index (χ2v) is 13.6. The molecule has 0 bridgehead atoms. The first kappa shape index (κ1) is 38.2. The molecule has 0 aliphatic carbocycles. The lowest BCUT2D eigenvalue weighted by Crippen LogP contribution is -2.40. The van der Waals surface area contributed by atoms with Gasteiger partial charge in [0.05, 0.1) is 27.2 Å². The Morgan fingerprint density at radius 1 is 1.00 bits per heavy atom. The summed E-state index contributed by atoms with van der Waals surface area (Å²) in [7, 11) is -0.361. The summed E-state index contributed by atoms with van der Waals surface area (Å²) in [6.45, 7) is 3.24. The van der Waals surface area contributed by atoms with Crippen LogP contribution < -0.4 is 20.3 Å². The molecule has 1 aliphatic rings. The minimum atomic E-state index is -3.54. The van der Waals surface area contributed by atoms with Gasteiger partial charge in [0.25, 0.3) is 5.56 Å². The van der Waals surface area contributed by atoms with E-state index in [2.05, 4.69) is 20.3 Å². The molecule has 2 aromatic heterocycles. The second-order valence-electron chi connectivity index (χ2n) is 12.3. The van der Waals surface area contributed by atoms with Gasteiger partial charge in [-0.25, -0.2) is 4.98 Å². The summed E-state index contributed by atoms with van der Waals surface area (Å²) >= 11 is 1.00. The van der Waals surface area contributed by atoms with E-state index in [1.165, 1.54) is 10.9 Å². The molecule has 3 heterocycles. The highest BCUT2D eigenvalue weighted by Crippen LogP contribution is 2.45. The van der Waals surface area contributed by atoms with Crippen molar-refractivity contribution < 1.29 is 41.9 Å². The SMILES string of the molecule is COc1ccc(C(OC[C@H]2O[C@@H](n3cnc4c(=O)[nH]c(NC(=O)C(C)C)nc43)C(OSC)C2O[PH](=O)O)(c2ccccc2)c2ccc(OC)cc2)cc1. The van der Waals surface area contributed by atoms with Gasteiger partial charge in [-0.1, -0.05) is 68.4 Å². The van der Waals surface area contributed by atoms with Crippen LogP contribution in [0.15, 0.2) is 90.0 Å². The zero-order valence-corrected chi connectivity index (χ0v) is 31.4. The van der Waals surface area contributed by atoms with E-state index in [4.69, 9.17) is 27.7 Å². The number of aromatic amines is 1. The summed E-state index contributed by atoms with van der Waals surface area (Å²) in [4.78, 5) is 46.8. The molecule has 6 rings (SSSR count). The molecule has 0 radical (unpaired) electrons. The van der Waals surface area contributed by atoms with Gasteiger partial charge in [0, 0.05) is 12.2 Å². The normalized spacial score (nSPS) is 19.4. The largest absolute Gasteiger partial charge is 0.497 e. The number of carbonyl (C=O) groups is 1. The average Bonchev–Trinajstić information content (AvgIpc) is 3.73. The Morgan fingerprint density at radius 2 is 1.60 bits per heavy atom. The Morgan fingerprint density at radius 3 is 2.15 bits per heavy atom. The van der Waals surface area contributed by atoms with Crippen LogP contribution in [-0.2, 0) is 33.1 Å². The molecule has 5 atom stereocenters. The number of carbonyl (C=O) groups excluding carboxylic acids is 1. The number of hydrogen-bond acceptors (Lipinski definition) is 12. The lowest BCUT2D eigenvalue weighted by molar-refractivity contribution is -0.118. The first-order valence-electron chi connectivity index (χ1n) is 16.6. The van der Waals surface area contributed by atoms with Crippen molar-refractivity contribution in [2.75, 3.05) is 32.4 Å². The fraction of sp³-hybridized carbons (Fsp3) is 0.333. The highest BCUT2D eigenvalue weighted by molar-refractivity contribution is 7.93. The maximum Gasteiger partial charge on any atom is 0.317 e. The molecule has 17 heteroatoms. The number of rotatable bonds is 15. The molecular weight excluding hydrogens is 725 g/mol. The number of nitrogens with zero attached hydrogens (tertiary/aromatic N) is 3. The van der Waals surface area contributed by atoms with Crippen molar-refractivity contribution in [3.8, 4) is 11.5 Å². The van der Waals surface area contributed by atoms with Gasteiger partial charge >= 0.3 is 8.25 Å². The second kappa shape index (κ2) is 16.6. The smallest absolute Gasteiger partial charge is 0.317 e. The standard InChI is InChI=1S/C36H40N5O10PS/c1-21(2)32(42)39-35-38-31-28(33(43)40-35)37-20-41(31)34-30(51-53-5)29(50-52(44)45)27(49-34)19-48-36(22-9-7-6-8-10-22,23-11-15-25(46-3)16-12-23)24-13-17-26(47-4)18-14-24/h6-18,20-21,27,29-30,34,52H,19H2,1-5H3,(H,44,45)(H2,38,39,40,42,43)/t27-,29?,30?,34-/m1/s1. The number of ether oxygens (including phenoxy) is 4. The molecule has 3 unspecified atom stereocenters. The van der Waals surface area contributed by atoms with E-state index in [0.717, 1.165) is 28.7 Å². The van der Waals surface area contributed by atoms with E-state index in [0.29, 0.717) is 11.5 Å². The maximum atomic E-state index is 13.0. The van der Waals surface area contributed by atoms with Crippen molar-refractivity contribution in [2.45, 2.75) is 44.0 Å². The molecule has 1 aliphatic heterocycles. The number of aromatic nitrogens is 4. The maximum absolute atomic E-state index is 13.0. The van der Waals surface area contributed by atoms with Crippen LogP contribution in [-0.4, -0.2) is 75.7 Å². The quantitative estimate of drug-likeness (QED) is 0.0730. The molecule has 3 aromatic carbocycles. The molecule has 280 valence electrons. The molecule has 0 spiro atoms. The van der Waals surface area contributed by atoms with E-state index in [9.17, 15) is 19.0 Å². The van der Waals surface area contributed by atoms with Crippen molar-refractivity contribution in [2.24, 2.45) is 5.92 Å². The number of nitrogens with one attached hydrogen (secondary N) is 2. The molecule has 0 saturated carbocycles. The number of imidazole rings is 1. The molecule has 15 nitrogen and oxygen atoms in total. The molecule has 1 saturated heterocycles. The fourth-order valence-electron chi connectivity index (χ4n) is 6.25. The third kappa shape index (κ3) is 7.89. The van der Waals surface area contributed by atoms with Gasteiger partial charge in [0.2, 0.25) is 11.9 Å². The van der Waals surface area contributed by atoms with Crippen LogP contribution in [0.3, 0.4) is 0 Å². The van der Waals surface area contributed by atoms with E-state index >= 15 is 0 Å². The van der Waals surface area contributed by atoms with Gasteiger partial charge in [-0.15, -0.1) is 0 Å². The average molecular weight is 766 g/mol. The fourth-order valence-corrected chi connectivity index (χ4v) is 7.20. The molecular formula is C36H40N5O10PS. The monoisotopic (exact) mass is 765 g/mol. The minimum Gasteiger partial charge on any atom is -0.497 e. The van der Waals surface area contributed by atoms with Gasteiger partial charge in [0.1, 0.15) is 35.4 Å². The van der Waals surface area contributed by atoms with E-state index in [1.807, 2.05) is 78.9 Å². The summed E-state index contributed by atoms with van der Waals surface area (Å²) in [5.74, 6) is 0.491. The number of fused-ring (bicyclic) bond motifs is 1. The first-order valence-corrected chi connectivity index (χ1v) is 19.0. The van der Waals surface area contributed by atoms with Gasteiger partial charge < -0.3 is 32.5 Å². The van der Waals surface area contributed by atoms with E-state index in [1.54, 1.807) is 34.3 Å². The third-order valence-corrected chi connectivity index (χ3v) is 9.73. The van der Waals surface area contributed by atoms with E-state index < -0.39 is 44.0 Å². The summed E-state index contributed by atoms with van der Waals surface area (Å²) in [6, 6.07) is 24.6. The predicted molar refractivity (Wildman–Crippen MR) is 198 cm³/mol. The highest BCUT2D eigenvalue weighted by atomic mass is 32.2. The van der Waals surface area contributed by atoms with Gasteiger partial charge in [-0.2, -0.15) is 4.98 Å². The Kier molecular flexibility index (Phi) is 12.0. The summed E-state index contributed by atoms with van der Waals surface area (Å²) in [5, 5.41) is 2.61. The zero-order valence-electron chi connectivity index (χ0n) is 29.5. The predicted octanol–water partition coefficient (Wildman–Crippen LogP) is 5.07. The van der Waals surface area contributed by atoms with Crippen LogP contribution in [0.1, 0.15) is 36.8 Å². The first-order chi connectivity index (χ1) is 25.6. The molecule has 53 heavy (non-hydrogen) atoms. The number of anilines is 1. The minimum absolute atomic E-state index is 0.0194. The van der Waals surface area contributed by atoms with Crippen molar-refractivity contribution >= 4 is 43.3 Å². The summed E-state index contributed by atoms with van der Waals surface area (Å²) in [6.07, 6.45) is -1.18. The Hall–Kier alpha value is -4.54. The number of benzene rings is 3. The van der Waals surface area contributed by atoms with E-state index in [-0.39, 0.29) is 35.5 Å². The van der Waals surface area contributed by atoms with Crippen LogP contribution in [0.25, 0.3) is 11.2 Å². The zero-order chi connectivity index (χ0) is 37.7. The Bertz CT molecular complexity index is 2050. The topological polar surface area (TPSA) is 185 Å². The number of methoxy groups -OCH3 is 2. The molecule has 5 aromatic rings. The lowest BCUT2D eigenvalue weighted by Gasteiger charge is -2.37.